The van der Waals surface area contributed by atoms with Crippen molar-refractivity contribution in [2.45, 2.75) is 38.8 Å². The summed E-state index contributed by atoms with van der Waals surface area (Å²) < 4.78 is 14.2. The first kappa shape index (κ1) is 23.3. The van der Waals surface area contributed by atoms with E-state index in [0.29, 0.717) is 29.4 Å². The highest BCUT2D eigenvalue weighted by atomic mass is 16.5. The number of amides is 1. The van der Waals surface area contributed by atoms with Gasteiger partial charge in [-0.25, -0.2) is 0 Å². The van der Waals surface area contributed by atoms with Crippen LogP contribution < -0.4 is 9.47 Å². The van der Waals surface area contributed by atoms with Gasteiger partial charge < -0.3 is 18.9 Å². The molecule has 6 rings (SSSR count). The second-order valence-electron chi connectivity index (χ2n) is 9.66. The maximum Gasteiger partial charge on any atom is 0.256 e. The van der Waals surface area contributed by atoms with Crippen LogP contribution in [0.2, 0.25) is 0 Å². The van der Waals surface area contributed by atoms with E-state index in [1.165, 1.54) is 27.4 Å². The summed E-state index contributed by atoms with van der Waals surface area (Å²) in [6, 6.07) is 20.8. The van der Waals surface area contributed by atoms with Gasteiger partial charge in [-0.05, 0) is 43.0 Å². The molecule has 0 radical (unpaired) electrons. The Bertz CT molecular complexity index is 1500. The molecule has 2 aliphatic heterocycles. The number of nitrogens with zero attached hydrogens (tertiary/aromatic N) is 3. The number of fused-ring (bicyclic) bond motifs is 5. The molecule has 1 atom stereocenters. The molecule has 4 aromatic rings. The number of hydrogen-bond donors (Lipinski definition) is 0. The van der Waals surface area contributed by atoms with Gasteiger partial charge in [0.15, 0.2) is 11.5 Å². The first-order chi connectivity index (χ1) is 18.2. The van der Waals surface area contributed by atoms with Crippen molar-refractivity contribution in [3.63, 3.8) is 0 Å². The molecule has 0 aliphatic carbocycles. The van der Waals surface area contributed by atoms with Crippen LogP contribution in [-0.2, 0) is 6.54 Å². The fraction of sp³-hybridized carbons (Fsp3) is 0.290. The number of para-hydroxylation sites is 2. The number of aromatic nitrogens is 1. The molecule has 1 saturated heterocycles. The Hall–Kier alpha value is -4.06. The monoisotopic (exact) mass is 493 g/mol. The van der Waals surface area contributed by atoms with Gasteiger partial charge in [-0.3, -0.25) is 9.79 Å². The van der Waals surface area contributed by atoms with E-state index in [1.54, 1.807) is 13.2 Å². The molecule has 0 N–H and O–H groups in total. The van der Waals surface area contributed by atoms with Crippen molar-refractivity contribution in [1.82, 2.24) is 9.47 Å². The van der Waals surface area contributed by atoms with Gasteiger partial charge in [0.05, 0.1) is 24.4 Å². The molecule has 1 fully saturated rings. The standard InChI is InChI=1S/C31H31N3O3/c1-3-21(14-16-34-27-12-6-4-10-23(27)24-11-5-7-13-28(24)34)20-37-30-18-26-25(17-29(30)36-2)31(35)33-15-8-9-22(33)19-32-26/h4-7,10-14,17-19,22H,3,8-9,15-16,20H2,1-2H3/b21-14+/t22-/m0/s1. The van der Waals surface area contributed by atoms with Crippen molar-refractivity contribution in [3.8, 4) is 11.5 Å². The molecule has 1 amide bonds. The van der Waals surface area contributed by atoms with Crippen molar-refractivity contribution in [2.24, 2.45) is 4.99 Å². The van der Waals surface area contributed by atoms with Crippen molar-refractivity contribution in [3.05, 3.63) is 77.9 Å². The van der Waals surface area contributed by atoms with Crippen LogP contribution in [0, 0.1) is 0 Å². The van der Waals surface area contributed by atoms with Crippen LogP contribution in [0.5, 0.6) is 11.5 Å². The number of hydrogen-bond acceptors (Lipinski definition) is 4. The maximum absolute atomic E-state index is 13.1. The molecule has 0 saturated carbocycles. The highest BCUT2D eigenvalue weighted by molar-refractivity contribution is 6.08. The Kier molecular flexibility index (Phi) is 6.16. The molecular formula is C31H31N3O3. The average molecular weight is 494 g/mol. The molecule has 0 spiro atoms. The third-order valence-corrected chi connectivity index (χ3v) is 7.57. The zero-order chi connectivity index (χ0) is 25.4. The van der Waals surface area contributed by atoms with Crippen molar-refractivity contribution in [2.75, 3.05) is 20.3 Å². The number of methoxy groups -OCH3 is 1. The topological polar surface area (TPSA) is 56.1 Å². The summed E-state index contributed by atoms with van der Waals surface area (Å²) in [5.41, 5.74) is 4.86. The molecule has 6 nitrogen and oxygen atoms in total. The highest BCUT2D eigenvalue weighted by Gasteiger charge is 2.32. The molecule has 37 heavy (non-hydrogen) atoms. The average Bonchev–Trinajstić information content (AvgIpc) is 3.51. The van der Waals surface area contributed by atoms with Crippen LogP contribution in [0.15, 0.2) is 77.3 Å². The number of rotatable bonds is 7. The van der Waals surface area contributed by atoms with E-state index in [-0.39, 0.29) is 11.9 Å². The molecule has 6 heteroatoms. The van der Waals surface area contributed by atoms with Gasteiger partial charge in [0.25, 0.3) is 5.91 Å². The molecular weight excluding hydrogens is 462 g/mol. The smallest absolute Gasteiger partial charge is 0.256 e. The number of allylic oxidation sites excluding steroid dienone is 1. The third-order valence-electron chi connectivity index (χ3n) is 7.57. The van der Waals surface area contributed by atoms with E-state index in [4.69, 9.17) is 9.47 Å². The molecule has 0 bridgehead atoms. The van der Waals surface area contributed by atoms with Gasteiger partial charge in [0.2, 0.25) is 0 Å². The minimum absolute atomic E-state index is 0.0140. The lowest BCUT2D eigenvalue weighted by atomic mass is 10.1. The minimum atomic E-state index is 0.0140. The van der Waals surface area contributed by atoms with Crippen LogP contribution >= 0.6 is 0 Å². The minimum Gasteiger partial charge on any atom is -0.493 e. The lowest BCUT2D eigenvalue weighted by Crippen LogP contribution is -2.35. The summed E-state index contributed by atoms with van der Waals surface area (Å²) in [4.78, 5) is 19.7. The fourth-order valence-electron chi connectivity index (χ4n) is 5.52. The second kappa shape index (κ2) is 9.77. The van der Waals surface area contributed by atoms with E-state index < -0.39 is 0 Å². The summed E-state index contributed by atoms with van der Waals surface area (Å²) >= 11 is 0. The van der Waals surface area contributed by atoms with Gasteiger partial charge in [-0.2, -0.15) is 0 Å². The summed E-state index contributed by atoms with van der Waals surface area (Å²) in [5.74, 6) is 1.17. The molecule has 3 heterocycles. The predicted octanol–water partition coefficient (Wildman–Crippen LogP) is 6.54. The predicted molar refractivity (Wildman–Crippen MR) is 149 cm³/mol. The first-order valence-corrected chi connectivity index (χ1v) is 13.0. The zero-order valence-corrected chi connectivity index (χ0v) is 21.3. The molecule has 3 aromatic carbocycles. The van der Waals surface area contributed by atoms with E-state index >= 15 is 0 Å². The van der Waals surface area contributed by atoms with Gasteiger partial charge in [0.1, 0.15) is 6.61 Å². The number of carbonyl (C=O) groups excluding carboxylic acids is 1. The number of carbonyl (C=O) groups is 1. The summed E-state index contributed by atoms with van der Waals surface area (Å²) in [6.45, 7) is 4.12. The van der Waals surface area contributed by atoms with Crippen molar-refractivity contribution >= 4 is 39.6 Å². The van der Waals surface area contributed by atoms with Gasteiger partial charge >= 0.3 is 0 Å². The maximum atomic E-state index is 13.1. The third kappa shape index (κ3) is 4.16. The Balaban J connectivity index is 1.26. The van der Waals surface area contributed by atoms with Crippen LogP contribution in [-0.4, -0.2) is 47.9 Å². The lowest BCUT2D eigenvalue weighted by Gasteiger charge is -2.20. The van der Waals surface area contributed by atoms with Gasteiger partial charge in [-0.15, -0.1) is 0 Å². The van der Waals surface area contributed by atoms with Crippen molar-refractivity contribution in [1.29, 1.82) is 0 Å². The van der Waals surface area contributed by atoms with E-state index in [9.17, 15) is 4.79 Å². The summed E-state index contributed by atoms with van der Waals surface area (Å²) in [7, 11) is 1.61. The quantitative estimate of drug-likeness (QED) is 0.275. The summed E-state index contributed by atoms with van der Waals surface area (Å²) in [5, 5.41) is 2.54. The van der Waals surface area contributed by atoms with Crippen LogP contribution in [0.3, 0.4) is 0 Å². The largest absolute Gasteiger partial charge is 0.493 e. The first-order valence-electron chi connectivity index (χ1n) is 13.0. The van der Waals surface area contributed by atoms with Gasteiger partial charge in [-0.1, -0.05) is 49.4 Å². The Morgan fingerprint density at radius 2 is 1.78 bits per heavy atom. The molecule has 188 valence electrons. The zero-order valence-electron chi connectivity index (χ0n) is 21.3. The van der Waals surface area contributed by atoms with E-state index in [1.807, 2.05) is 17.2 Å². The molecule has 1 aromatic heterocycles. The number of benzene rings is 3. The number of ether oxygens (including phenoxy) is 2. The summed E-state index contributed by atoms with van der Waals surface area (Å²) in [6.07, 6.45) is 7.00. The van der Waals surface area contributed by atoms with E-state index in [0.717, 1.165) is 32.4 Å². The van der Waals surface area contributed by atoms with Gasteiger partial charge in [0, 0.05) is 47.2 Å². The highest BCUT2D eigenvalue weighted by Crippen LogP contribution is 2.38. The molecule has 0 unspecified atom stereocenters. The second-order valence-corrected chi connectivity index (χ2v) is 9.66. The van der Waals surface area contributed by atoms with Crippen LogP contribution in [0.1, 0.15) is 36.5 Å². The lowest BCUT2D eigenvalue weighted by molar-refractivity contribution is 0.0774. The molecule has 2 aliphatic rings. The Morgan fingerprint density at radius 1 is 1.05 bits per heavy atom. The SMILES string of the molecule is CC/C(=C\Cn1c2ccccc2c2ccccc21)COc1cc2c(cc1OC)C(=O)N1CCC[C@H]1C=N2. The van der Waals surface area contributed by atoms with Crippen LogP contribution in [0.25, 0.3) is 21.8 Å². The number of aliphatic imine (C=N–C) groups is 1. The van der Waals surface area contributed by atoms with E-state index in [2.05, 4.69) is 71.1 Å². The fourth-order valence-corrected chi connectivity index (χ4v) is 5.52. The Labute approximate surface area is 216 Å². The van der Waals surface area contributed by atoms with Crippen molar-refractivity contribution < 1.29 is 14.3 Å². The normalized spacial score (nSPS) is 17.2. The Morgan fingerprint density at radius 3 is 2.49 bits per heavy atom. The van der Waals surface area contributed by atoms with Crippen LogP contribution in [0.4, 0.5) is 5.69 Å².